The predicted octanol–water partition coefficient (Wildman–Crippen LogP) is 3.26. The molecule has 0 saturated heterocycles. The van der Waals surface area contributed by atoms with Gasteiger partial charge in [-0.15, -0.1) is 11.8 Å². The number of hydrogen-bond acceptors (Lipinski definition) is 3. The molecule has 1 aromatic carbocycles. The van der Waals surface area contributed by atoms with E-state index in [1.807, 2.05) is 30.3 Å². The van der Waals surface area contributed by atoms with Gasteiger partial charge in [0.05, 0.1) is 12.5 Å². The van der Waals surface area contributed by atoms with Crippen molar-refractivity contribution < 1.29 is 9.90 Å². The average molecular weight is 360 g/mol. The Morgan fingerprint density at radius 1 is 1.35 bits per heavy atom. The lowest BCUT2D eigenvalue weighted by molar-refractivity contribution is -0.130. The molecule has 0 spiro atoms. The number of thioether (sulfide) groups is 1. The topological polar surface area (TPSA) is 40.5 Å². The maximum Gasteiger partial charge on any atom is 0.239 e. The van der Waals surface area contributed by atoms with Crippen LogP contribution >= 0.6 is 27.7 Å². The van der Waals surface area contributed by atoms with Crippen LogP contribution in [0.3, 0.4) is 0 Å². The zero-order valence-electron chi connectivity index (χ0n) is 12.2. The molecule has 0 saturated carbocycles. The summed E-state index contributed by atoms with van der Waals surface area (Å²) in [6.45, 7) is 6.75. The Balaban J connectivity index is 2.76. The molecule has 1 amide bonds. The van der Waals surface area contributed by atoms with Crippen molar-refractivity contribution in [2.45, 2.75) is 36.9 Å². The molecule has 112 valence electrons. The molecule has 0 heterocycles. The third-order valence-corrected chi connectivity index (χ3v) is 4.60. The van der Waals surface area contributed by atoms with E-state index in [1.54, 1.807) is 16.7 Å². The third kappa shape index (κ3) is 6.29. The summed E-state index contributed by atoms with van der Waals surface area (Å²) in [7, 11) is 0. The minimum Gasteiger partial charge on any atom is -0.395 e. The molecule has 1 rings (SSSR count). The lowest BCUT2D eigenvalue weighted by Gasteiger charge is -2.28. The number of carbonyl (C=O) groups is 1. The summed E-state index contributed by atoms with van der Waals surface area (Å²) in [5.41, 5.74) is 1.09. The van der Waals surface area contributed by atoms with Crippen molar-refractivity contribution in [3.63, 3.8) is 0 Å². The molecule has 5 heteroatoms. The van der Waals surface area contributed by atoms with Crippen LogP contribution in [0.4, 0.5) is 0 Å². The van der Waals surface area contributed by atoms with Gasteiger partial charge in [-0.1, -0.05) is 67.0 Å². The van der Waals surface area contributed by atoms with E-state index in [4.69, 9.17) is 5.11 Å². The van der Waals surface area contributed by atoms with E-state index in [2.05, 4.69) is 36.7 Å². The number of halogens is 1. The van der Waals surface area contributed by atoms with Gasteiger partial charge in [-0.25, -0.2) is 0 Å². The Labute approximate surface area is 133 Å². The molecule has 0 fully saturated rings. The SMILES string of the molecule is CC(C)(C)SCN(Cc1ccccc1)C(=O)[C@@H](Br)CO. The van der Waals surface area contributed by atoms with Crippen LogP contribution in [0.5, 0.6) is 0 Å². The Hall–Kier alpha value is -0.520. The highest BCUT2D eigenvalue weighted by Crippen LogP contribution is 2.25. The van der Waals surface area contributed by atoms with E-state index in [0.717, 1.165) is 5.56 Å². The molecule has 0 bridgehead atoms. The van der Waals surface area contributed by atoms with Gasteiger partial charge in [0.2, 0.25) is 5.91 Å². The zero-order chi connectivity index (χ0) is 15.2. The van der Waals surface area contributed by atoms with E-state index in [-0.39, 0.29) is 17.3 Å². The van der Waals surface area contributed by atoms with E-state index < -0.39 is 4.83 Å². The molecule has 0 aromatic heterocycles. The van der Waals surface area contributed by atoms with E-state index in [1.165, 1.54) is 0 Å². The smallest absolute Gasteiger partial charge is 0.239 e. The fourth-order valence-corrected chi connectivity index (χ4v) is 2.59. The minimum atomic E-state index is -0.535. The number of benzene rings is 1. The van der Waals surface area contributed by atoms with Crippen molar-refractivity contribution in [3.05, 3.63) is 35.9 Å². The van der Waals surface area contributed by atoms with Crippen LogP contribution in [-0.4, -0.2) is 38.0 Å². The van der Waals surface area contributed by atoms with Crippen molar-refractivity contribution in [3.8, 4) is 0 Å². The van der Waals surface area contributed by atoms with Gasteiger partial charge in [0.1, 0.15) is 4.83 Å². The van der Waals surface area contributed by atoms with Crippen molar-refractivity contribution >= 4 is 33.6 Å². The van der Waals surface area contributed by atoms with Crippen LogP contribution < -0.4 is 0 Å². The Kier molecular flexibility index (Phi) is 7.06. The predicted molar refractivity (Wildman–Crippen MR) is 89.0 cm³/mol. The largest absolute Gasteiger partial charge is 0.395 e. The second kappa shape index (κ2) is 8.05. The van der Waals surface area contributed by atoms with Crippen molar-refractivity contribution in [1.29, 1.82) is 0 Å². The second-order valence-corrected chi connectivity index (χ2v) is 8.43. The van der Waals surface area contributed by atoms with Crippen molar-refractivity contribution in [2.24, 2.45) is 0 Å². The van der Waals surface area contributed by atoms with E-state index in [9.17, 15) is 4.79 Å². The highest BCUT2D eigenvalue weighted by molar-refractivity contribution is 9.10. The summed E-state index contributed by atoms with van der Waals surface area (Å²) in [5.74, 6) is 0.535. The normalized spacial score (nSPS) is 13.1. The molecule has 0 aliphatic carbocycles. The number of rotatable bonds is 6. The van der Waals surface area contributed by atoms with Crippen LogP contribution in [0.2, 0.25) is 0 Å². The fourth-order valence-electron chi connectivity index (χ4n) is 1.54. The number of aliphatic hydroxyl groups excluding tert-OH is 1. The molecular weight excluding hydrogens is 338 g/mol. The molecule has 0 aliphatic rings. The molecule has 1 N–H and O–H groups in total. The van der Waals surface area contributed by atoms with Crippen LogP contribution in [0.15, 0.2) is 30.3 Å². The fraction of sp³-hybridized carbons (Fsp3) is 0.533. The van der Waals surface area contributed by atoms with Gasteiger partial charge >= 0.3 is 0 Å². The number of nitrogens with zero attached hydrogens (tertiary/aromatic N) is 1. The third-order valence-electron chi connectivity index (χ3n) is 2.61. The Morgan fingerprint density at radius 3 is 2.45 bits per heavy atom. The quantitative estimate of drug-likeness (QED) is 0.625. The molecule has 1 aromatic rings. The summed E-state index contributed by atoms with van der Waals surface area (Å²) >= 11 is 4.95. The van der Waals surface area contributed by atoms with Crippen LogP contribution in [0, 0.1) is 0 Å². The number of aliphatic hydroxyl groups is 1. The first kappa shape index (κ1) is 17.5. The average Bonchev–Trinajstić information content (AvgIpc) is 2.42. The van der Waals surface area contributed by atoms with E-state index >= 15 is 0 Å². The number of hydrogen-bond donors (Lipinski definition) is 1. The van der Waals surface area contributed by atoms with Gasteiger partial charge in [-0.2, -0.15) is 0 Å². The van der Waals surface area contributed by atoms with Gasteiger partial charge in [0.15, 0.2) is 0 Å². The van der Waals surface area contributed by atoms with Crippen molar-refractivity contribution in [2.75, 3.05) is 12.5 Å². The lowest BCUT2D eigenvalue weighted by Crippen LogP contribution is -2.38. The zero-order valence-corrected chi connectivity index (χ0v) is 14.6. The van der Waals surface area contributed by atoms with Crippen LogP contribution in [0.1, 0.15) is 26.3 Å². The Morgan fingerprint density at radius 2 is 1.95 bits per heavy atom. The molecule has 1 atom stereocenters. The van der Waals surface area contributed by atoms with Gasteiger partial charge in [-0.05, 0) is 5.56 Å². The van der Waals surface area contributed by atoms with Gasteiger partial charge < -0.3 is 10.0 Å². The minimum absolute atomic E-state index is 0.0758. The Bertz CT molecular complexity index is 420. The molecular formula is C15H22BrNO2S. The first-order valence-corrected chi connectivity index (χ1v) is 8.45. The summed E-state index contributed by atoms with van der Waals surface area (Å²) in [4.78, 5) is 13.5. The van der Waals surface area contributed by atoms with Crippen molar-refractivity contribution in [1.82, 2.24) is 4.90 Å². The highest BCUT2D eigenvalue weighted by atomic mass is 79.9. The van der Waals surface area contributed by atoms with Gasteiger partial charge in [-0.3, -0.25) is 4.79 Å². The highest BCUT2D eigenvalue weighted by Gasteiger charge is 2.23. The number of carbonyl (C=O) groups excluding carboxylic acids is 1. The van der Waals surface area contributed by atoms with Crippen LogP contribution in [-0.2, 0) is 11.3 Å². The molecule has 3 nitrogen and oxygen atoms in total. The monoisotopic (exact) mass is 359 g/mol. The maximum absolute atomic E-state index is 12.3. The molecule has 0 unspecified atom stereocenters. The maximum atomic E-state index is 12.3. The summed E-state index contributed by atoms with van der Waals surface area (Å²) in [5, 5.41) is 9.15. The molecule has 0 radical (unpaired) electrons. The summed E-state index contributed by atoms with van der Waals surface area (Å²) < 4.78 is 0.0935. The molecule has 20 heavy (non-hydrogen) atoms. The summed E-state index contributed by atoms with van der Waals surface area (Å²) in [6, 6.07) is 9.90. The van der Waals surface area contributed by atoms with Gasteiger partial charge in [0.25, 0.3) is 0 Å². The van der Waals surface area contributed by atoms with Gasteiger partial charge in [0, 0.05) is 11.3 Å². The molecule has 0 aliphatic heterocycles. The first-order valence-electron chi connectivity index (χ1n) is 6.55. The lowest BCUT2D eigenvalue weighted by atomic mass is 10.2. The first-order chi connectivity index (χ1) is 9.33. The second-order valence-electron chi connectivity index (χ2n) is 5.56. The number of amides is 1. The number of alkyl halides is 1. The van der Waals surface area contributed by atoms with E-state index in [0.29, 0.717) is 12.4 Å². The standard InChI is InChI=1S/C15H22BrNO2S/c1-15(2,3)20-11-17(14(19)13(16)10-18)9-12-7-5-4-6-8-12/h4-8,13,18H,9-11H2,1-3H3/t13-/m0/s1. The van der Waals surface area contributed by atoms with Crippen LogP contribution in [0.25, 0.3) is 0 Å². The summed E-state index contributed by atoms with van der Waals surface area (Å²) in [6.07, 6.45) is 0.